The summed E-state index contributed by atoms with van der Waals surface area (Å²) in [5.74, 6) is 1.84. The molecule has 0 spiro atoms. The number of carbonyl (C=O) groups is 1. The van der Waals surface area contributed by atoms with Crippen molar-refractivity contribution in [1.29, 1.82) is 0 Å². The Morgan fingerprint density at radius 2 is 1.84 bits per heavy atom. The topological polar surface area (TPSA) is 69.7 Å². The molecule has 2 aromatic rings. The normalized spacial score (nSPS) is 15.2. The Balaban J connectivity index is 1.78. The summed E-state index contributed by atoms with van der Waals surface area (Å²) in [5, 5.41) is 3.06. The van der Waals surface area contributed by atoms with E-state index in [0.717, 1.165) is 36.7 Å². The van der Waals surface area contributed by atoms with Gasteiger partial charge in [-0.3, -0.25) is 9.69 Å². The van der Waals surface area contributed by atoms with Gasteiger partial charge < -0.3 is 5.32 Å². The van der Waals surface area contributed by atoms with Crippen LogP contribution in [0.15, 0.2) is 47.4 Å². The van der Waals surface area contributed by atoms with E-state index >= 15 is 0 Å². The van der Waals surface area contributed by atoms with Crippen LogP contribution in [0.5, 0.6) is 0 Å². The zero-order valence-corrected chi connectivity index (χ0v) is 20.2. The molecule has 9 heteroatoms. The van der Waals surface area contributed by atoms with Gasteiger partial charge in [0.05, 0.1) is 15.5 Å². The molecule has 6 nitrogen and oxygen atoms in total. The van der Waals surface area contributed by atoms with E-state index in [0.29, 0.717) is 18.8 Å². The second-order valence-electron chi connectivity index (χ2n) is 7.27. The summed E-state index contributed by atoms with van der Waals surface area (Å²) in [6.45, 7) is 7.22. The Labute approximate surface area is 194 Å². The molecule has 168 valence electrons. The van der Waals surface area contributed by atoms with E-state index in [1.165, 1.54) is 22.5 Å². The van der Waals surface area contributed by atoms with Gasteiger partial charge in [0.25, 0.3) is 5.91 Å². The molecule has 31 heavy (non-hydrogen) atoms. The number of nitrogens with one attached hydrogen (secondary N) is 1. The molecule has 1 aliphatic rings. The van der Waals surface area contributed by atoms with Crippen molar-refractivity contribution >= 4 is 45.0 Å². The fourth-order valence-electron chi connectivity index (χ4n) is 3.51. The van der Waals surface area contributed by atoms with Crippen molar-refractivity contribution in [3.63, 3.8) is 0 Å². The predicted octanol–water partition coefficient (Wildman–Crippen LogP) is 4.17. The Hall–Kier alpha value is -1.58. The van der Waals surface area contributed by atoms with Crippen LogP contribution in [-0.4, -0.2) is 61.2 Å². The summed E-state index contributed by atoms with van der Waals surface area (Å²) in [4.78, 5) is 15.4. The highest BCUT2D eigenvalue weighted by Gasteiger charge is 2.24. The first kappa shape index (κ1) is 24.1. The Kier molecular flexibility index (Phi) is 8.41. The molecule has 1 saturated heterocycles. The largest absolute Gasteiger partial charge is 0.322 e. The zero-order chi connectivity index (χ0) is 22.4. The average molecular weight is 482 g/mol. The highest BCUT2D eigenvalue weighted by atomic mass is 35.5. The number of halogens is 1. The van der Waals surface area contributed by atoms with Crippen LogP contribution in [0.2, 0.25) is 5.02 Å². The lowest BCUT2D eigenvalue weighted by atomic mass is 10.1. The number of amides is 1. The molecular weight excluding hydrogens is 454 g/mol. The zero-order valence-electron chi connectivity index (χ0n) is 17.8. The number of anilines is 1. The van der Waals surface area contributed by atoms with Gasteiger partial charge in [-0.15, -0.1) is 0 Å². The highest BCUT2D eigenvalue weighted by molar-refractivity contribution is 7.99. The third-order valence-corrected chi connectivity index (χ3v) is 8.54. The summed E-state index contributed by atoms with van der Waals surface area (Å²) in [7, 11) is -3.68. The first-order chi connectivity index (χ1) is 14.8. The maximum atomic E-state index is 12.9. The Bertz CT molecular complexity index is 1020. The van der Waals surface area contributed by atoms with Gasteiger partial charge in [-0.25, -0.2) is 8.42 Å². The van der Waals surface area contributed by atoms with Crippen LogP contribution < -0.4 is 5.32 Å². The maximum Gasteiger partial charge on any atom is 0.257 e. The number of sulfonamides is 1. The molecule has 0 bridgehead atoms. The van der Waals surface area contributed by atoms with Crippen molar-refractivity contribution in [2.45, 2.75) is 25.3 Å². The number of thioether (sulfide) groups is 1. The third-order valence-electron chi connectivity index (χ3n) is 5.22. The highest BCUT2D eigenvalue weighted by Crippen LogP contribution is 2.24. The molecule has 1 N–H and O–H groups in total. The van der Waals surface area contributed by atoms with Crippen LogP contribution in [0, 0.1) is 0 Å². The van der Waals surface area contributed by atoms with E-state index < -0.39 is 15.9 Å². The lowest BCUT2D eigenvalue weighted by Gasteiger charge is -2.26. The number of hydrogen-bond donors (Lipinski definition) is 1. The van der Waals surface area contributed by atoms with Gasteiger partial charge in [-0.1, -0.05) is 37.6 Å². The number of nitrogens with zero attached hydrogens (tertiary/aromatic N) is 2. The van der Waals surface area contributed by atoms with Crippen LogP contribution in [0.4, 0.5) is 5.69 Å². The molecule has 0 atom stereocenters. The van der Waals surface area contributed by atoms with Crippen molar-refractivity contribution in [3.05, 3.63) is 58.6 Å². The van der Waals surface area contributed by atoms with Gasteiger partial charge in [0.15, 0.2) is 0 Å². The molecule has 0 saturated carbocycles. The van der Waals surface area contributed by atoms with Gasteiger partial charge >= 0.3 is 0 Å². The first-order valence-electron chi connectivity index (χ1n) is 10.3. The van der Waals surface area contributed by atoms with E-state index in [1.54, 1.807) is 13.8 Å². The van der Waals surface area contributed by atoms with Gasteiger partial charge in [-0.2, -0.15) is 16.1 Å². The average Bonchev–Trinajstić information content (AvgIpc) is 2.75. The smallest absolute Gasteiger partial charge is 0.257 e. The van der Waals surface area contributed by atoms with E-state index in [1.807, 2.05) is 36.0 Å². The summed E-state index contributed by atoms with van der Waals surface area (Å²) >= 11 is 8.21. The van der Waals surface area contributed by atoms with Gasteiger partial charge in [0.1, 0.15) is 0 Å². The van der Waals surface area contributed by atoms with Crippen LogP contribution in [0.3, 0.4) is 0 Å². The molecule has 3 rings (SSSR count). The molecule has 0 aliphatic carbocycles. The molecule has 0 unspecified atom stereocenters. The lowest BCUT2D eigenvalue weighted by Crippen LogP contribution is -2.31. The molecule has 1 amide bonds. The van der Waals surface area contributed by atoms with E-state index in [4.69, 9.17) is 11.6 Å². The molecule has 2 aromatic carbocycles. The first-order valence-corrected chi connectivity index (χ1v) is 13.3. The lowest BCUT2D eigenvalue weighted by molar-refractivity contribution is 0.102. The molecular formula is C22H28ClN3O3S2. The molecule has 1 aliphatic heterocycles. The fourth-order valence-corrected chi connectivity index (χ4v) is 6.18. The van der Waals surface area contributed by atoms with Crippen molar-refractivity contribution < 1.29 is 13.2 Å². The van der Waals surface area contributed by atoms with E-state index in [2.05, 4.69) is 10.2 Å². The summed E-state index contributed by atoms with van der Waals surface area (Å²) in [5.41, 5.74) is 1.91. The van der Waals surface area contributed by atoms with Gasteiger partial charge in [-0.05, 0) is 35.9 Å². The Morgan fingerprint density at radius 1 is 1.13 bits per heavy atom. The number of rotatable bonds is 8. The summed E-state index contributed by atoms with van der Waals surface area (Å²) in [6.07, 6.45) is 0. The van der Waals surface area contributed by atoms with Crippen LogP contribution in [0.25, 0.3) is 0 Å². The molecule has 0 radical (unpaired) electrons. The van der Waals surface area contributed by atoms with E-state index in [9.17, 15) is 13.2 Å². The second kappa shape index (κ2) is 10.8. The van der Waals surface area contributed by atoms with Crippen LogP contribution in [0.1, 0.15) is 29.8 Å². The quantitative estimate of drug-likeness (QED) is 0.612. The van der Waals surface area contributed by atoms with Crippen LogP contribution in [-0.2, 0) is 16.6 Å². The van der Waals surface area contributed by atoms with Crippen molar-refractivity contribution in [2.24, 2.45) is 0 Å². The number of carbonyl (C=O) groups excluding carboxylic acids is 1. The minimum atomic E-state index is -3.68. The third kappa shape index (κ3) is 6.02. The summed E-state index contributed by atoms with van der Waals surface area (Å²) < 4.78 is 27.0. The van der Waals surface area contributed by atoms with Gasteiger partial charge in [0.2, 0.25) is 10.0 Å². The maximum absolute atomic E-state index is 12.9. The number of benzene rings is 2. The SMILES string of the molecule is CCN(CC)S(=O)(=O)c1ccc(Cl)c(C(=O)Nc2cccc(CN3CCSCC3)c2)c1. The Morgan fingerprint density at radius 3 is 2.52 bits per heavy atom. The minimum absolute atomic E-state index is 0.0578. The minimum Gasteiger partial charge on any atom is -0.322 e. The number of hydrogen-bond acceptors (Lipinski definition) is 5. The van der Waals surface area contributed by atoms with Crippen molar-refractivity contribution in [3.8, 4) is 0 Å². The standard InChI is InChI=1S/C22H28ClN3O3S2/c1-3-26(4-2)31(28,29)19-8-9-21(23)20(15-19)22(27)24-18-7-5-6-17(14-18)16-25-10-12-30-13-11-25/h5-9,14-15H,3-4,10-13,16H2,1-2H3,(H,24,27). The van der Waals surface area contributed by atoms with Crippen molar-refractivity contribution in [2.75, 3.05) is 43.0 Å². The van der Waals surface area contributed by atoms with Gasteiger partial charge in [0, 0.05) is 49.9 Å². The monoisotopic (exact) mass is 481 g/mol. The fraction of sp³-hybridized carbons (Fsp3) is 0.409. The second-order valence-corrected chi connectivity index (χ2v) is 10.8. The molecule has 0 aromatic heterocycles. The summed E-state index contributed by atoms with van der Waals surface area (Å²) in [6, 6.07) is 12.0. The molecule has 1 heterocycles. The van der Waals surface area contributed by atoms with Crippen LogP contribution >= 0.6 is 23.4 Å². The van der Waals surface area contributed by atoms with Crippen molar-refractivity contribution in [1.82, 2.24) is 9.21 Å². The predicted molar refractivity (Wildman–Crippen MR) is 129 cm³/mol. The molecule has 1 fully saturated rings. The van der Waals surface area contributed by atoms with E-state index in [-0.39, 0.29) is 15.5 Å².